The molecule has 0 bridgehead atoms. The molecule has 1 unspecified atom stereocenters. The van der Waals surface area contributed by atoms with Crippen molar-refractivity contribution in [2.45, 2.75) is 64.2 Å². The van der Waals surface area contributed by atoms with Gasteiger partial charge in [-0.05, 0) is 35.4 Å². The van der Waals surface area contributed by atoms with Crippen molar-refractivity contribution in [3.8, 4) is 0 Å². The van der Waals surface area contributed by atoms with Crippen LogP contribution in [0.5, 0.6) is 0 Å². The number of anilines is 1. The van der Waals surface area contributed by atoms with Crippen molar-refractivity contribution < 1.29 is 14.7 Å². The fourth-order valence-corrected chi connectivity index (χ4v) is 3.35. The van der Waals surface area contributed by atoms with Gasteiger partial charge < -0.3 is 9.90 Å². The minimum Gasteiger partial charge on any atom is -0.465 e. The maximum atomic E-state index is 11.5. The molecule has 0 aliphatic carbocycles. The lowest BCUT2D eigenvalue weighted by Crippen LogP contribution is -2.40. The van der Waals surface area contributed by atoms with Gasteiger partial charge in [0.25, 0.3) is 0 Å². The highest BCUT2D eigenvalue weighted by Gasteiger charge is 2.34. The maximum Gasteiger partial charge on any atom is 0.411 e. The monoisotopic (exact) mass is 317 g/mol. The first kappa shape index (κ1) is 17.5. The third kappa shape index (κ3) is 3.74. The van der Waals surface area contributed by atoms with E-state index in [-0.39, 0.29) is 11.3 Å². The molecular formula is C19H27NO3. The van der Waals surface area contributed by atoms with Gasteiger partial charge in [0.1, 0.15) is 6.29 Å². The zero-order chi connectivity index (χ0) is 17.0. The number of hydrogen-bond donors (Lipinski definition) is 1. The molecule has 2 rings (SSSR count). The fraction of sp³-hybridized carbons (Fsp3) is 0.579. The van der Waals surface area contributed by atoms with Crippen molar-refractivity contribution in [2.75, 3.05) is 11.4 Å². The molecule has 4 nitrogen and oxygen atoms in total. The summed E-state index contributed by atoms with van der Waals surface area (Å²) in [4.78, 5) is 24.4. The van der Waals surface area contributed by atoms with Gasteiger partial charge in [-0.3, -0.25) is 4.90 Å². The molecule has 0 spiro atoms. The summed E-state index contributed by atoms with van der Waals surface area (Å²) in [6, 6.07) is 5.92. The predicted molar refractivity (Wildman–Crippen MR) is 92.4 cm³/mol. The molecule has 0 aromatic heterocycles. The summed E-state index contributed by atoms with van der Waals surface area (Å²) < 4.78 is 0. The zero-order valence-electron chi connectivity index (χ0n) is 14.3. The highest BCUT2D eigenvalue weighted by Crippen LogP contribution is 2.41. The molecule has 1 amide bonds. The summed E-state index contributed by atoms with van der Waals surface area (Å²) >= 11 is 0. The highest BCUT2D eigenvalue weighted by atomic mass is 16.4. The second-order valence-electron chi connectivity index (χ2n) is 7.08. The van der Waals surface area contributed by atoms with Crippen LogP contribution in [-0.4, -0.2) is 24.0 Å². The second-order valence-corrected chi connectivity index (χ2v) is 7.08. The maximum absolute atomic E-state index is 11.5. The number of amides is 1. The molecule has 1 atom stereocenters. The van der Waals surface area contributed by atoms with E-state index in [2.05, 4.69) is 20.8 Å². The van der Waals surface area contributed by atoms with Crippen LogP contribution in [0.1, 0.15) is 69.9 Å². The predicted octanol–water partition coefficient (Wildman–Crippen LogP) is 4.72. The Morgan fingerprint density at radius 3 is 2.74 bits per heavy atom. The Labute approximate surface area is 138 Å². The topological polar surface area (TPSA) is 57.6 Å². The normalized spacial score (nSPS) is 17.4. The molecule has 0 radical (unpaired) electrons. The van der Waals surface area contributed by atoms with Gasteiger partial charge in [-0.1, -0.05) is 52.2 Å². The number of carbonyl (C=O) groups excluding carboxylic acids is 1. The van der Waals surface area contributed by atoms with E-state index in [1.165, 1.54) is 4.90 Å². The molecule has 4 heteroatoms. The third-order valence-electron chi connectivity index (χ3n) is 4.94. The molecule has 0 saturated heterocycles. The van der Waals surface area contributed by atoms with E-state index < -0.39 is 6.09 Å². The minimum atomic E-state index is -0.924. The Kier molecular flexibility index (Phi) is 5.45. The number of hydrogen-bond acceptors (Lipinski definition) is 2. The Hall–Kier alpha value is -1.84. The van der Waals surface area contributed by atoms with Crippen molar-refractivity contribution in [1.29, 1.82) is 0 Å². The lowest BCUT2D eigenvalue weighted by Gasteiger charge is -2.38. The first-order valence-corrected chi connectivity index (χ1v) is 8.51. The van der Waals surface area contributed by atoms with Crippen molar-refractivity contribution in [1.82, 2.24) is 0 Å². The Balaban J connectivity index is 2.36. The van der Waals surface area contributed by atoms with Gasteiger partial charge >= 0.3 is 6.09 Å². The molecular weight excluding hydrogens is 290 g/mol. The first-order chi connectivity index (χ1) is 10.9. The van der Waals surface area contributed by atoms with Gasteiger partial charge in [0, 0.05) is 12.5 Å². The highest BCUT2D eigenvalue weighted by molar-refractivity contribution is 5.88. The molecule has 1 aromatic rings. The number of nitrogens with zero attached hydrogens (tertiary/aromatic N) is 1. The van der Waals surface area contributed by atoms with Gasteiger partial charge in [0.15, 0.2) is 0 Å². The molecule has 0 fully saturated rings. The summed E-state index contributed by atoms with van der Waals surface area (Å²) in [5.74, 6) is -0.146. The minimum absolute atomic E-state index is 0.0430. The van der Waals surface area contributed by atoms with Gasteiger partial charge in [-0.2, -0.15) is 0 Å². The van der Waals surface area contributed by atoms with Crippen LogP contribution in [0, 0.1) is 0 Å². The van der Waals surface area contributed by atoms with Crippen LogP contribution in [0.2, 0.25) is 0 Å². The van der Waals surface area contributed by atoms with Crippen LogP contribution in [-0.2, 0) is 10.2 Å². The van der Waals surface area contributed by atoms with Crippen LogP contribution in [0.4, 0.5) is 10.5 Å². The second kappa shape index (κ2) is 7.16. The Morgan fingerprint density at radius 1 is 1.39 bits per heavy atom. The van der Waals surface area contributed by atoms with Crippen molar-refractivity contribution in [2.24, 2.45) is 0 Å². The molecule has 23 heavy (non-hydrogen) atoms. The molecule has 1 heterocycles. The van der Waals surface area contributed by atoms with Crippen molar-refractivity contribution >= 4 is 18.1 Å². The average Bonchev–Trinajstić information content (AvgIpc) is 2.51. The molecule has 1 aliphatic rings. The smallest absolute Gasteiger partial charge is 0.411 e. The van der Waals surface area contributed by atoms with E-state index in [9.17, 15) is 14.7 Å². The standard InChI is InChI=1S/C19H27NO3/c1-4-5-6-7-15(13-21)14-8-9-16-17(12-14)20(18(22)23)11-10-19(16,2)3/h8-9,12-13,15H,4-7,10-11H2,1-3H3,(H,22,23). The van der Waals surface area contributed by atoms with Crippen molar-refractivity contribution in [3.05, 3.63) is 29.3 Å². The summed E-state index contributed by atoms with van der Waals surface area (Å²) in [5.41, 5.74) is 2.68. The van der Waals surface area contributed by atoms with Gasteiger partial charge in [0.05, 0.1) is 5.69 Å². The first-order valence-electron chi connectivity index (χ1n) is 8.51. The van der Waals surface area contributed by atoms with E-state index in [0.717, 1.165) is 55.2 Å². The van der Waals surface area contributed by atoms with Crippen LogP contribution >= 0.6 is 0 Å². The number of rotatable bonds is 6. The Morgan fingerprint density at radius 2 is 2.13 bits per heavy atom. The number of carboxylic acid groups (broad SMARTS) is 1. The van der Waals surface area contributed by atoms with Gasteiger partial charge in [-0.25, -0.2) is 4.79 Å². The van der Waals surface area contributed by atoms with E-state index >= 15 is 0 Å². The van der Waals surface area contributed by atoms with E-state index in [1.54, 1.807) is 0 Å². The number of carbonyl (C=O) groups is 2. The average molecular weight is 317 g/mol. The summed E-state index contributed by atoms with van der Waals surface area (Å²) in [6.07, 6.45) is 4.96. The van der Waals surface area contributed by atoms with E-state index in [4.69, 9.17) is 0 Å². The van der Waals surface area contributed by atoms with Crippen molar-refractivity contribution in [3.63, 3.8) is 0 Å². The number of fused-ring (bicyclic) bond motifs is 1. The van der Waals surface area contributed by atoms with Crippen LogP contribution < -0.4 is 4.90 Å². The number of benzene rings is 1. The SMILES string of the molecule is CCCCCC(C=O)c1ccc2c(c1)N(C(=O)O)CCC2(C)C. The number of unbranched alkanes of at least 4 members (excludes halogenated alkanes) is 2. The molecule has 1 aliphatic heterocycles. The van der Waals surface area contributed by atoms with E-state index in [1.807, 2.05) is 18.2 Å². The lowest BCUT2D eigenvalue weighted by molar-refractivity contribution is -0.109. The quantitative estimate of drug-likeness (QED) is 0.610. The largest absolute Gasteiger partial charge is 0.465 e. The lowest BCUT2D eigenvalue weighted by atomic mass is 9.76. The third-order valence-corrected chi connectivity index (χ3v) is 4.94. The molecule has 0 saturated carbocycles. The van der Waals surface area contributed by atoms with Gasteiger partial charge in [-0.15, -0.1) is 0 Å². The van der Waals surface area contributed by atoms with Crippen LogP contribution in [0.3, 0.4) is 0 Å². The van der Waals surface area contributed by atoms with Crippen LogP contribution in [0.15, 0.2) is 18.2 Å². The molecule has 1 aromatic carbocycles. The van der Waals surface area contributed by atoms with Gasteiger partial charge in [0.2, 0.25) is 0 Å². The zero-order valence-corrected chi connectivity index (χ0v) is 14.3. The summed E-state index contributed by atoms with van der Waals surface area (Å²) in [6.45, 7) is 6.92. The Bertz CT molecular complexity index is 580. The summed E-state index contributed by atoms with van der Waals surface area (Å²) in [7, 11) is 0. The fourth-order valence-electron chi connectivity index (χ4n) is 3.35. The number of aldehydes is 1. The van der Waals surface area contributed by atoms with Crippen LogP contribution in [0.25, 0.3) is 0 Å². The van der Waals surface area contributed by atoms with E-state index in [0.29, 0.717) is 6.54 Å². The molecule has 1 N–H and O–H groups in total. The molecule has 126 valence electrons. The summed E-state index contributed by atoms with van der Waals surface area (Å²) in [5, 5.41) is 9.47.